The minimum Gasteiger partial charge on any atom is -0.455 e. The van der Waals surface area contributed by atoms with Gasteiger partial charge in [0.15, 0.2) is 5.76 Å². The van der Waals surface area contributed by atoms with Crippen LogP contribution in [0.15, 0.2) is 10.5 Å². The summed E-state index contributed by atoms with van der Waals surface area (Å²) in [5.41, 5.74) is 4.55. The SMILES string of the molecule is Cc1cc(C(C)(C)C)oc1C(=O)NCCC[NH3+]. The predicted molar refractivity (Wildman–Crippen MR) is 66.9 cm³/mol. The Balaban J connectivity index is 2.77. The van der Waals surface area contributed by atoms with Gasteiger partial charge in [0.25, 0.3) is 5.91 Å². The Morgan fingerprint density at radius 2 is 2.12 bits per heavy atom. The van der Waals surface area contributed by atoms with E-state index in [1.165, 1.54) is 0 Å². The average molecular weight is 239 g/mol. The van der Waals surface area contributed by atoms with Crippen LogP contribution in [-0.2, 0) is 5.41 Å². The number of carbonyl (C=O) groups is 1. The molecule has 0 saturated heterocycles. The topological polar surface area (TPSA) is 69.9 Å². The molecule has 0 fully saturated rings. The molecule has 1 heterocycles. The fourth-order valence-corrected chi connectivity index (χ4v) is 1.48. The van der Waals surface area contributed by atoms with Gasteiger partial charge < -0.3 is 15.5 Å². The molecule has 4 nitrogen and oxygen atoms in total. The maximum absolute atomic E-state index is 11.9. The van der Waals surface area contributed by atoms with Crippen LogP contribution >= 0.6 is 0 Å². The van der Waals surface area contributed by atoms with Crippen molar-refractivity contribution < 1.29 is 14.9 Å². The van der Waals surface area contributed by atoms with E-state index in [-0.39, 0.29) is 11.3 Å². The molecule has 0 aliphatic heterocycles. The van der Waals surface area contributed by atoms with E-state index in [4.69, 9.17) is 4.42 Å². The van der Waals surface area contributed by atoms with Crippen LogP contribution < -0.4 is 11.1 Å². The highest BCUT2D eigenvalue weighted by Crippen LogP contribution is 2.26. The van der Waals surface area contributed by atoms with Crippen molar-refractivity contribution in [3.05, 3.63) is 23.2 Å². The summed E-state index contributed by atoms with van der Waals surface area (Å²) in [6, 6.07) is 1.94. The summed E-state index contributed by atoms with van der Waals surface area (Å²) >= 11 is 0. The largest absolute Gasteiger partial charge is 0.455 e. The first kappa shape index (κ1) is 13.8. The number of aryl methyl sites for hydroxylation is 1. The number of quaternary nitrogens is 1. The lowest BCUT2D eigenvalue weighted by molar-refractivity contribution is -0.367. The Hall–Kier alpha value is -1.29. The van der Waals surface area contributed by atoms with Crippen LogP contribution in [0.25, 0.3) is 0 Å². The normalized spacial score (nSPS) is 11.6. The second kappa shape index (κ2) is 5.36. The Morgan fingerprint density at radius 1 is 1.47 bits per heavy atom. The van der Waals surface area contributed by atoms with Crippen molar-refractivity contribution in [2.75, 3.05) is 13.1 Å². The highest BCUT2D eigenvalue weighted by Gasteiger charge is 2.22. The maximum atomic E-state index is 11.9. The van der Waals surface area contributed by atoms with Gasteiger partial charge in [-0.15, -0.1) is 0 Å². The van der Waals surface area contributed by atoms with E-state index < -0.39 is 0 Å². The third-order valence-electron chi connectivity index (χ3n) is 2.58. The fourth-order valence-electron chi connectivity index (χ4n) is 1.48. The zero-order valence-electron chi connectivity index (χ0n) is 11.2. The van der Waals surface area contributed by atoms with Gasteiger partial charge in [0.2, 0.25) is 0 Å². The van der Waals surface area contributed by atoms with Crippen molar-refractivity contribution in [3.8, 4) is 0 Å². The Labute approximate surface area is 103 Å². The first-order chi connectivity index (χ1) is 7.86. The smallest absolute Gasteiger partial charge is 0.287 e. The van der Waals surface area contributed by atoms with Crippen molar-refractivity contribution in [3.63, 3.8) is 0 Å². The zero-order chi connectivity index (χ0) is 13.1. The number of rotatable bonds is 4. The third-order valence-corrected chi connectivity index (χ3v) is 2.58. The van der Waals surface area contributed by atoms with Gasteiger partial charge >= 0.3 is 0 Å². The molecular formula is C13H23N2O2+. The molecule has 96 valence electrons. The zero-order valence-corrected chi connectivity index (χ0v) is 11.2. The second-order valence-corrected chi connectivity index (χ2v) is 5.34. The van der Waals surface area contributed by atoms with Crippen LogP contribution in [0, 0.1) is 6.92 Å². The maximum Gasteiger partial charge on any atom is 0.287 e. The van der Waals surface area contributed by atoms with Gasteiger partial charge in [-0.2, -0.15) is 0 Å². The molecule has 1 rings (SSSR count). The van der Waals surface area contributed by atoms with Crippen LogP contribution in [0.2, 0.25) is 0 Å². The molecule has 0 bridgehead atoms. The summed E-state index contributed by atoms with van der Waals surface area (Å²) in [6.07, 6.45) is 0.887. The van der Waals surface area contributed by atoms with Crippen LogP contribution in [0.5, 0.6) is 0 Å². The van der Waals surface area contributed by atoms with Gasteiger partial charge in [-0.3, -0.25) is 4.79 Å². The molecule has 17 heavy (non-hydrogen) atoms. The van der Waals surface area contributed by atoms with Crippen LogP contribution in [0.4, 0.5) is 0 Å². The first-order valence-electron chi connectivity index (χ1n) is 6.04. The molecule has 0 saturated carbocycles. The highest BCUT2D eigenvalue weighted by atomic mass is 16.4. The molecule has 0 aromatic carbocycles. The van der Waals surface area contributed by atoms with Crippen molar-refractivity contribution in [1.29, 1.82) is 0 Å². The first-order valence-corrected chi connectivity index (χ1v) is 6.04. The fraction of sp³-hybridized carbons (Fsp3) is 0.615. The minimum absolute atomic E-state index is 0.0728. The van der Waals surface area contributed by atoms with Gasteiger partial charge in [0.1, 0.15) is 5.76 Å². The molecule has 0 spiro atoms. The Bertz CT molecular complexity index is 389. The van der Waals surface area contributed by atoms with Crippen molar-refractivity contribution in [1.82, 2.24) is 5.32 Å². The monoisotopic (exact) mass is 239 g/mol. The van der Waals surface area contributed by atoms with E-state index in [0.717, 1.165) is 24.3 Å². The summed E-state index contributed by atoms with van der Waals surface area (Å²) in [7, 11) is 0. The van der Waals surface area contributed by atoms with Crippen molar-refractivity contribution >= 4 is 5.91 Å². The summed E-state index contributed by atoms with van der Waals surface area (Å²) < 4.78 is 5.64. The quantitative estimate of drug-likeness (QED) is 0.776. The number of nitrogens with one attached hydrogen (secondary N) is 1. The summed E-state index contributed by atoms with van der Waals surface area (Å²) in [4.78, 5) is 11.9. The molecule has 0 radical (unpaired) electrons. The Morgan fingerprint density at radius 3 is 2.59 bits per heavy atom. The lowest BCUT2D eigenvalue weighted by atomic mass is 9.93. The van der Waals surface area contributed by atoms with Gasteiger partial charge in [-0.25, -0.2) is 0 Å². The van der Waals surface area contributed by atoms with Gasteiger partial charge in [0, 0.05) is 23.9 Å². The minimum atomic E-state index is -0.133. The van der Waals surface area contributed by atoms with Crippen molar-refractivity contribution in [2.24, 2.45) is 0 Å². The molecule has 1 aromatic rings. The van der Waals surface area contributed by atoms with Crippen molar-refractivity contribution in [2.45, 2.75) is 39.5 Å². The van der Waals surface area contributed by atoms with E-state index in [9.17, 15) is 4.79 Å². The lowest BCUT2D eigenvalue weighted by Gasteiger charge is -2.13. The summed E-state index contributed by atoms with van der Waals surface area (Å²) in [5.74, 6) is 1.14. The van der Waals surface area contributed by atoms with E-state index in [0.29, 0.717) is 12.3 Å². The molecule has 1 amide bonds. The number of amides is 1. The number of carbonyl (C=O) groups excluding carboxylic acids is 1. The summed E-state index contributed by atoms with van der Waals surface area (Å²) in [5, 5.41) is 2.83. The molecule has 4 heteroatoms. The molecule has 0 aliphatic carbocycles. The third kappa shape index (κ3) is 3.60. The van der Waals surface area contributed by atoms with Gasteiger partial charge in [-0.05, 0) is 13.0 Å². The van der Waals surface area contributed by atoms with Gasteiger partial charge in [0.05, 0.1) is 6.54 Å². The molecule has 4 N–H and O–H groups in total. The number of hydrogen-bond acceptors (Lipinski definition) is 2. The molecule has 0 unspecified atom stereocenters. The highest BCUT2D eigenvalue weighted by molar-refractivity contribution is 5.92. The average Bonchev–Trinajstić information content (AvgIpc) is 2.60. The predicted octanol–water partition coefficient (Wildman–Crippen LogP) is 1.25. The molecule has 0 aliphatic rings. The van der Waals surface area contributed by atoms with Crippen LogP contribution in [0.1, 0.15) is 49.1 Å². The van der Waals surface area contributed by atoms with E-state index in [2.05, 4.69) is 31.8 Å². The van der Waals surface area contributed by atoms with Crippen LogP contribution in [0.3, 0.4) is 0 Å². The standard InChI is InChI=1S/C13H22N2O2/c1-9-8-10(13(2,3)4)17-11(9)12(16)15-7-5-6-14/h8H,5-7,14H2,1-4H3,(H,15,16)/p+1. The summed E-state index contributed by atoms with van der Waals surface area (Å²) in [6.45, 7) is 9.56. The molecular weight excluding hydrogens is 216 g/mol. The Kier molecular flexibility index (Phi) is 4.34. The van der Waals surface area contributed by atoms with E-state index in [1.807, 2.05) is 13.0 Å². The van der Waals surface area contributed by atoms with Crippen LogP contribution in [-0.4, -0.2) is 19.0 Å². The molecule has 1 aromatic heterocycles. The van der Waals surface area contributed by atoms with Gasteiger partial charge in [-0.1, -0.05) is 20.8 Å². The van der Waals surface area contributed by atoms with E-state index in [1.54, 1.807) is 0 Å². The second-order valence-electron chi connectivity index (χ2n) is 5.34. The number of furan rings is 1. The number of hydrogen-bond donors (Lipinski definition) is 2. The lowest BCUT2D eigenvalue weighted by Crippen LogP contribution is -2.51. The van der Waals surface area contributed by atoms with E-state index >= 15 is 0 Å². The molecule has 0 atom stereocenters.